The maximum atomic E-state index is 5.58. The van der Waals surface area contributed by atoms with Gasteiger partial charge in [-0.2, -0.15) is 0 Å². The zero-order valence-corrected chi connectivity index (χ0v) is 9.28. The molecular weight excluding hydrogens is 188 g/mol. The Bertz CT molecular complexity index is 209. The van der Waals surface area contributed by atoms with Gasteiger partial charge < -0.3 is 9.47 Å². The van der Waals surface area contributed by atoms with Crippen LogP contribution in [0, 0.1) is 12.3 Å². The van der Waals surface area contributed by atoms with Crippen LogP contribution >= 0.6 is 0 Å². The Morgan fingerprint density at radius 1 is 1.33 bits per heavy atom. The van der Waals surface area contributed by atoms with E-state index in [1.807, 2.05) is 0 Å². The van der Waals surface area contributed by atoms with Gasteiger partial charge in [-0.05, 0) is 32.1 Å². The molecule has 15 heavy (non-hydrogen) atoms. The molecule has 0 spiro atoms. The minimum atomic E-state index is 0.0397. The summed E-state index contributed by atoms with van der Waals surface area (Å²) in [5.41, 5.74) is 0. The standard InChI is InChI=1S/C13H20O2/c1-2-3-4-5-6-8-11-14-13-10-7-9-12-15-13/h1,5-6,13H,3-4,7-12H2/b6-5+. The molecule has 0 aliphatic carbocycles. The van der Waals surface area contributed by atoms with Gasteiger partial charge in [0, 0.05) is 13.0 Å². The van der Waals surface area contributed by atoms with E-state index >= 15 is 0 Å². The lowest BCUT2D eigenvalue weighted by molar-refractivity contribution is -0.161. The van der Waals surface area contributed by atoms with Crippen LogP contribution in [0.25, 0.3) is 0 Å². The molecule has 84 valence electrons. The van der Waals surface area contributed by atoms with Crippen LogP contribution < -0.4 is 0 Å². The van der Waals surface area contributed by atoms with Gasteiger partial charge in [0.2, 0.25) is 0 Å². The molecule has 1 rings (SSSR count). The fourth-order valence-electron chi connectivity index (χ4n) is 1.51. The van der Waals surface area contributed by atoms with Crippen LogP contribution in [-0.4, -0.2) is 19.5 Å². The molecule has 1 aliphatic rings. The molecule has 1 heterocycles. The van der Waals surface area contributed by atoms with Crippen LogP contribution in [0.2, 0.25) is 0 Å². The topological polar surface area (TPSA) is 18.5 Å². The molecule has 2 nitrogen and oxygen atoms in total. The van der Waals surface area contributed by atoms with Crippen molar-refractivity contribution >= 4 is 0 Å². The molecule has 0 amide bonds. The molecule has 1 fully saturated rings. The van der Waals surface area contributed by atoms with Gasteiger partial charge in [-0.1, -0.05) is 12.2 Å². The molecule has 0 bridgehead atoms. The Hall–Kier alpha value is -0.780. The van der Waals surface area contributed by atoms with E-state index in [1.165, 1.54) is 12.8 Å². The third kappa shape index (κ3) is 6.33. The maximum Gasteiger partial charge on any atom is 0.157 e. The number of unbranched alkanes of at least 4 members (excludes halogenated alkanes) is 1. The van der Waals surface area contributed by atoms with Crippen molar-refractivity contribution in [3.63, 3.8) is 0 Å². The normalized spacial score (nSPS) is 21.7. The number of allylic oxidation sites excluding steroid dienone is 1. The second-order valence-electron chi connectivity index (χ2n) is 3.67. The van der Waals surface area contributed by atoms with Gasteiger partial charge in [0.25, 0.3) is 0 Å². The number of ether oxygens (including phenoxy) is 2. The van der Waals surface area contributed by atoms with E-state index in [-0.39, 0.29) is 6.29 Å². The molecule has 0 saturated carbocycles. The molecule has 0 radical (unpaired) electrons. The molecule has 1 unspecified atom stereocenters. The quantitative estimate of drug-likeness (QED) is 0.379. The summed E-state index contributed by atoms with van der Waals surface area (Å²) in [4.78, 5) is 0. The highest BCUT2D eigenvalue weighted by atomic mass is 16.7. The fourth-order valence-corrected chi connectivity index (χ4v) is 1.51. The van der Waals surface area contributed by atoms with Gasteiger partial charge in [0.05, 0.1) is 6.61 Å². The summed E-state index contributed by atoms with van der Waals surface area (Å²) in [6, 6.07) is 0. The predicted molar refractivity (Wildman–Crippen MR) is 61.4 cm³/mol. The summed E-state index contributed by atoms with van der Waals surface area (Å²) in [6.45, 7) is 1.60. The van der Waals surface area contributed by atoms with Crippen molar-refractivity contribution in [2.45, 2.75) is 44.8 Å². The van der Waals surface area contributed by atoms with Crippen LogP contribution in [0.4, 0.5) is 0 Å². The Morgan fingerprint density at radius 2 is 2.20 bits per heavy atom. The second kappa shape index (κ2) is 8.52. The van der Waals surface area contributed by atoms with Crippen LogP contribution in [0.15, 0.2) is 12.2 Å². The van der Waals surface area contributed by atoms with E-state index in [4.69, 9.17) is 15.9 Å². The molecular formula is C13H20O2. The molecule has 2 heteroatoms. The van der Waals surface area contributed by atoms with Crippen LogP contribution in [0.5, 0.6) is 0 Å². The average Bonchev–Trinajstić information content (AvgIpc) is 2.29. The van der Waals surface area contributed by atoms with Crippen LogP contribution in [-0.2, 0) is 9.47 Å². The summed E-state index contributed by atoms with van der Waals surface area (Å²) < 4.78 is 11.0. The van der Waals surface area contributed by atoms with Crippen LogP contribution in [0.3, 0.4) is 0 Å². The lowest BCUT2D eigenvalue weighted by Crippen LogP contribution is -2.22. The van der Waals surface area contributed by atoms with Gasteiger partial charge in [-0.3, -0.25) is 0 Å². The Morgan fingerprint density at radius 3 is 2.93 bits per heavy atom. The minimum Gasteiger partial charge on any atom is -0.353 e. The largest absolute Gasteiger partial charge is 0.353 e. The highest BCUT2D eigenvalue weighted by Gasteiger charge is 2.12. The molecule has 0 aromatic rings. The molecule has 1 saturated heterocycles. The third-order valence-electron chi connectivity index (χ3n) is 2.35. The first kappa shape index (κ1) is 12.3. The van der Waals surface area contributed by atoms with E-state index < -0.39 is 0 Å². The first-order chi connectivity index (χ1) is 7.43. The fraction of sp³-hybridized carbons (Fsp3) is 0.692. The molecule has 0 N–H and O–H groups in total. The highest BCUT2D eigenvalue weighted by molar-refractivity contribution is 4.90. The van der Waals surface area contributed by atoms with Gasteiger partial charge in [0.15, 0.2) is 6.29 Å². The highest BCUT2D eigenvalue weighted by Crippen LogP contribution is 2.13. The SMILES string of the molecule is C#CCC/C=C/CCOC1CCCCO1. The zero-order valence-electron chi connectivity index (χ0n) is 9.28. The maximum absolute atomic E-state index is 5.58. The Kier molecular flexibility index (Phi) is 6.98. The summed E-state index contributed by atoms with van der Waals surface area (Å²) in [5, 5.41) is 0. The Labute approximate surface area is 92.6 Å². The van der Waals surface area contributed by atoms with Gasteiger partial charge in [0.1, 0.15) is 0 Å². The van der Waals surface area contributed by atoms with E-state index in [1.54, 1.807) is 0 Å². The lowest BCUT2D eigenvalue weighted by atomic mass is 10.2. The van der Waals surface area contributed by atoms with Crippen molar-refractivity contribution in [2.24, 2.45) is 0 Å². The van der Waals surface area contributed by atoms with Crippen molar-refractivity contribution in [3.05, 3.63) is 12.2 Å². The average molecular weight is 208 g/mol. The minimum absolute atomic E-state index is 0.0397. The van der Waals surface area contributed by atoms with E-state index in [9.17, 15) is 0 Å². The predicted octanol–water partition coefficient (Wildman–Crippen LogP) is 2.89. The number of hydrogen-bond acceptors (Lipinski definition) is 2. The lowest BCUT2D eigenvalue weighted by Gasteiger charge is -2.22. The number of terminal acetylenes is 1. The van der Waals surface area contributed by atoms with Crippen molar-refractivity contribution in [2.75, 3.05) is 13.2 Å². The van der Waals surface area contributed by atoms with Gasteiger partial charge in [-0.25, -0.2) is 0 Å². The second-order valence-corrected chi connectivity index (χ2v) is 3.67. The number of rotatable bonds is 6. The smallest absolute Gasteiger partial charge is 0.157 e. The molecule has 1 atom stereocenters. The number of hydrogen-bond donors (Lipinski definition) is 0. The summed E-state index contributed by atoms with van der Waals surface area (Å²) in [7, 11) is 0. The van der Waals surface area contributed by atoms with Crippen molar-refractivity contribution in [3.8, 4) is 12.3 Å². The summed E-state index contributed by atoms with van der Waals surface area (Å²) in [5.74, 6) is 2.61. The zero-order chi connectivity index (χ0) is 10.8. The van der Waals surface area contributed by atoms with Crippen molar-refractivity contribution in [1.82, 2.24) is 0 Å². The van der Waals surface area contributed by atoms with Crippen LogP contribution in [0.1, 0.15) is 38.5 Å². The Balaban J connectivity index is 1.92. The summed E-state index contributed by atoms with van der Waals surface area (Å²) >= 11 is 0. The van der Waals surface area contributed by atoms with Gasteiger partial charge >= 0.3 is 0 Å². The third-order valence-corrected chi connectivity index (χ3v) is 2.35. The van der Waals surface area contributed by atoms with Crippen molar-refractivity contribution < 1.29 is 9.47 Å². The van der Waals surface area contributed by atoms with Gasteiger partial charge in [-0.15, -0.1) is 12.3 Å². The van der Waals surface area contributed by atoms with E-state index in [0.29, 0.717) is 0 Å². The molecule has 1 aliphatic heterocycles. The summed E-state index contributed by atoms with van der Waals surface area (Å²) in [6.07, 6.45) is 15.6. The molecule has 0 aromatic heterocycles. The first-order valence-corrected chi connectivity index (χ1v) is 5.75. The molecule has 0 aromatic carbocycles. The van der Waals surface area contributed by atoms with E-state index in [0.717, 1.165) is 38.9 Å². The van der Waals surface area contributed by atoms with Crippen molar-refractivity contribution in [1.29, 1.82) is 0 Å². The first-order valence-electron chi connectivity index (χ1n) is 5.75. The van der Waals surface area contributed by atoms with E-state index in [2.05, 4.69) is 18.1 Å². The monoisotopic (exact) mass is 208 g/mol.